The minimum absolute atomic E-state index is 0.799. The van der Waals surface area contributed by atoms with E-state index in [-0.39, 0.29) is 0 Å². The summed E-state index contributed by atoms with van der Waals surface area (Å²) < 4.78 is 15.1. The van der Waals surface area contributed by atoms with E-state index >= 15 is 4.57 Å². The van der Waals surface area contributed by atoms with Crippen LogP contribution in [0.2, 0.25) is 0 Å². The predicted molar refractivity (Wildman–Crippen MR) is 259 cm³/mol. The Morgan fingerprint density at radius 2 is 0.710 bits per heavy atom. The van der Waals surface area contributed by atoms with Crippen molar-refractivity contribution in [3.63, 3.8) is 0 Å². The second kappa shape index (κ2) is 15.7. The zero-order valence-corrected chi connectivity index (χ0v) is 34.5. The van der Waals surface area contributed by atoms with Gasteiger partial charge in [-0.05, 0) is 34.4 Å². The Labute approximate surface area is 360 Å². The van der Waals surface area contributed by atoms with Crippen molar-refractivity contribution >= 4 is 55.8 Å². The fourth-order valence-corrected chi connectivity index (χ4v) is 11.4. The molecule has 0 amide bonds. The van der Waals surface area contributed by atoms with Gasteiger partial charge in [0, 0.05) is 48.8 Å². The first-order valence-electron chi connectivity index (χ1n) is 20.8. The van der Waals surface area contributed by atoms with E-state index in [4.69, 9.17) is 15.0 Å². The second-order valence-corrected chi connectivity index (χ2v) is 18.2. The van der Waals surface area contributed by atoms with Crippen molar-refractivity contribution in [2.24, 2.45) is 0 Å². The van der Waals surface area contributed by atoms with Gasteiger partial charge in [-0.2, -0.15) is 0 Å². The molecule has 0 saturated carbocycles. The summed E-state index contributed by atoms with van der Waals surface area (Å²) in [6, 6.07) is 78.2. The number of nitrogens with zero attached hydrogens (tertiary/aromatic N) is 3. The topological polar surface area (TPSA) is 55.7 Å². The Balaban J connectivity index is 1.11. The van der Waals surface area contributed by atoms with Crippen LogP contribution in [0.25, 0.3) is 88.7 Å². The molecule has 2 aromatic heterocycles. The lowest BCUT2D eigenvalue weighted by atomic mass is 9.91. The maximum absolute atomic E-state index is 15.1. The molecule has 0 spiro atoms. The zero-order chi connectivity index (χ0) is 41.5. The average molecular weight is 812 g/mol. The number of rotatable bonds is 8. The van der Waals surface area contributed by atoms with Crippen molar-refractivity contribution < 1.29 is 4.57 Å². The van der Waals surface area contributed by atoms with Crippen LogP contribution in [0.15, 0.2) is 231 Å². The lowest BCUT2D eigenvalue weighted by Crippen LogP contribution is -2.24. The highest BCUT2D eigenvalue weighted by Crippen LogP contribution is 2.45. The van der Waals surface area contributed by atoms with Gasteiger partial charge < -0.3 is 4.57 Å². The molecule has 0 saturated heterocycles. The molecule has 0 N–H and O–H groups in total. The summed E-state index contributed by atoms with van der Waals surface area (Å²) in [6.45, 7) is 0. The minimum atomic E-state index is -3.09. The van der Waals surface area contributed by atoms with Crippen LogP contribution in [0.4, 0.5) is 0 Å². The summed E-state index contributed by atoms with van der Waals surface area (Å²) in [5, 5.41) is 5.54. The summed E-state index contributed by atoms with van der Waals surface area (Å²) in [6.07, 6.45) is 0. The smallest absolute Gasteiger partial charge is 0.171 e. The van der Waals surface area contributed by atoms with Gasteiger partial charge in [-0.1, -0.05) is 218 Å². The molecule has 292 valence electrons. The molecular weight excluding hydrogens is 774 g/mol. The maximum atomic E-state index is 15.1. The number of para-hydroxylation sites is 1. The highest BCUT2D eigenvalue weighted by Gasteiger charge is 2.29. The zero-order valence-electron chi connectivity index (χ0n) is 33.6. The van der Waals surface area contributed by atoms with Crippen molar-refractivity contribution in [3.8, 4) is 56.0 Å². The highest BCUT2D eigenvalue weighted by molar-refractivity contribution is 7.85. The molecular formula is C57H38N3OP. The molecule has 5 heteroatoms. The summed E-state index contributed by atoms with van der Waals surface area (Å²) in [4.78, 5) is 16.5. The number of fused-ring (bicyclic) bond motifs is 5. The van der Waals surface area contributed by atoms with Gasteiger partial charge in [0.25, 0.3) is 0 Å². The summed E-state index contributed by atoms with van der Waals surface area (Å²) in [5.41, 5.74) is 12.2. The van der Waals surface area contributed by atoms with Crippen LogP contribution in [-0.2, 0) is 4.57 Å². The van der Waals surface area contributed by atoms with E-state index in [2.05, 4.69) is 121 Å². The number of benzene rings is 9. The molecule has 9 aromatic carbocycles. The van der Waals surface area contributed by atoms with Crippen LogP contribution in [-0.4, -0.2) is 15.0 Å². The van der Waals surface area contributed by atoms with Crippen LogP contribution < -0.4 is 15.9 Å². The molecule has 0 aliphatic heterocycles. The van der Waals surface area contributed by atoms with Gasteiger partial charge >= 0.3 is 0 Å². The second-order valence-electron chi connectivity index (χ2n) is 15.4. The number of pyridine rings is 1. The van der Waals surface area contributed by atoms with Gasteiger partial charge in [0.05, 0.1) is 33.6 Å². The third-order valence-electron chi connectivity index (χ3n) is 11.7. The third kappa shape index (κ3) is 6.50. The Morgan fingerprint density at radius 1 is 0.306 bits per heavy atom. The maximum Gasteiger partial charge on any atom is 0.171 e. The van der Waals surface area contributed by atoms with Crippen LogP contribution in [0.5, 0.6) is 0 Å². The first-order valence-corrected chi connectivity index (χ1v) is 22.5. The highest BCUT2D eigenvalue weighted by atomic mass is 31.2. The van der Waals surface area contributed by atoms with Crippen molar-refractivity contribution in [2.75, 3.05) is 0 Å². The summed E-state index contributed by atoms with van der Waals surface area (Å²) in [5.74, 6) is 0. The van der Waals surface area contributed by atoms with E-state index in [0.29, 0.717) is 0 Å². The van der Waals surface area contributed by atoms with Gasteiger partial charge in [-0.15, -0.1) is 0 Å². The lowest BCUT2D eigenvalue weighted by molar-refractivity contribution is 0.592. The molecule has 0 atom stereocenters. The first-order chi connectivity index (χ1) is 30.6. The Morgan fingerprint density at radius 3 is 1.27 bits per heavy atom. The Hall–Kier alpha value is -7.78. The van der Waals surface area contributed by atoms with E-state index in [0.717, 1.165) is 105 Å². The third-order valence-corrected chi connectivity index (χ3v) is 14.8. The summed E-state index contributed by atoms with van der Waals surface area (Å²) in [7, 11) is -3.09. The monoisotopic (exact) mass is 811 g/mol. The van der Waals surface area contributed by atoms with Gasteiger partial charge in [-0.3, -0.25) is 0 Å². The molecule has 0 aliphatic carbocycles. The van der Waals surface area contributed by atoms with Crippen molar-refractivity contribution in [3.05, 3.63) is 231 Å². The minimum Gasteiger partial charge on any atom is -0.309 e. The van der Waals surface area contributed by atoms with Crippen LogP contribution in [0.3, 0.4) is 0 Å². The van der Waals surface area contributed by atoms with Crippen LogP contribution in [0, 0.1) is 0 Å². The van der Waals surface area contributed by atoms with Gasteiger partial charge in [-0.25, -0.2) is 15.0 Å². The van der Waals surface area contributed by atoms with Crippen molar-refractivity contribution in [1.82, 2.24) is 15.0 Å². The average Bonchev–Trinajstić information content (AvgIpc) is 3.36. The van der Waals surface area contributed by atoms with E-state index in [1.165, 1.54) is 0 Å². The molecule has 0 fully saturated rings. The Bertz CT molecular complexity index is 3390. The molecule has 0 unspecified atom stereocenters. The van der Waals surface area contributed by atoms with E-state index in [1.807, 2.05) is 109 Å². The molecule has 11 aromatic rings. The normalized spacial score (nSPS) is 11.6. The SMILES string of the molecule is O=P(c1ccccc1)(c1ccccc1)c1ccc(-c2ccc(-c3nc4ccccc4c4c(-c5ccccc5)cc5nc(-c6ccccc6)c(-c6ccccc6)nc5c34)cc2)cc1. The van der Waals surface area contributed by atoms with Gasteiger partial charge in [0.1, 0.15) is 0 Å². The fraction of sp³-hybridized carbons (Fsp3) is 0. The molecule has 2 heterocycles. The van der Waals surface area contributed by atoms with Crippen LogP contribution >= 0.6 is 7.14 Å². The molecule has 11 rings (SSSR count). The van der Waals surface area contributed by atoms with E-state index in [9.17, 15) is 0 Å². The molecule has 0 aliphatic rings. The van der Waals surface area contributed by atoms with Crippen molar-refractivity contribution in [2.45, 2.75) is 0 Å². The molecule has 62 heavy (non-hydrogen) atoms. The number of aromatic nitrogens is 3. The van der Waals surface area contributed by atoms with Gasteiger partial charge in [0.2, 0.25) is 0 Å². The van der Waals surface area contributed by atoms with Crippen molar-refractivity contribution in [1.29, 1.82) is 0 Å². The standard InChI is InChI=1S/C57H38N3OP/c61-62(45-24-12-4-13-25-45,46-26-14-5-15-27-46)47-36-34-40(35-37-47)39-30-32-44(33-31-39)54-53-52(48-28-16-17-29-50(48)58-54)49(41-18-6-1-7-19-41)38-51-57(53)60-56(43-22-10-3-11-23-43)55(59-51)42-20-8-2-9-21-42/h1-38H. The molecule has 4 nitrogen and oxygen atoms in total. The largest absolute Gasteiger partial charge is 0.309 e. The number of hydrogen-bond donors (Lipinski definition) is 0. The Kier molecular flexibility index (Phi) is 9.41. The molecule has 0 bridgehead atoms. The fourth-order valence-electron chi connectivity index (χ4n) is 8.72. The van der Waals surface area contributed by atoms with E-state index < -0.39 is 7.14 Å². The lowest BCUT2D eigenvalue weighted by Gasteiger charge is -2.20. The number of hydrogen-bond acceptors (Lipinski definition) is 4. The summed E-state index contributed by atoms with van der Waals surface area (Å²) >= 11 is 0. The first kappa shape index (κ1) is 37.2. The quantitative estimate of drug-likeness (QED) is 0.113. The van der Waals surface area contributed by atoms with E-state index in [1.54, 1.807) is 0 Å². The van der Waals surface area contributed by atoms with Crippen LogP contribution in [0.1, 0.15) is 0 Å². The predicted octanol–water partition coefficient (Wildman–Crippen LogP) is 13.3. The molecule has 0 radical (unpaired) electrons. The van der Waals surface area contributed by atoms with Gasteiger partial charge in [0.15, 0.2) is 7.14 Å².